The first kappa shape index (κ1) is 10.9. The lowest BCUT2D eigenvalue weighted by molar-refractivity contribution is 0.0698. The normalized spacial score (nSPS) is 10.9. The Bertz CT molecular complexity index is 703. The van der Waals surface area contributed by atoms with Crippen LogP contribution < -0.4 is 0 Å². The van der Waals surface area contributed by atoms with Gasteiger partial charge < -0.3 is 9.67 Å². The van der Waals surface area contributed by atoms with Crippen molar-refractivity contribution in [2.24, 2.45) is 0 Å². The third kappa shape index (κ3) is 1.76. The molecule has 18 heavy (non-hydrogen) atoms. The fraction of sp³-hybridized carbons (Fsp3) is 0.0833. The summed E-state index contributed by atoms with van der Waals surface area (Å²) in [7, 11) is 0. The van der Waals surface area contributed by atoms with Crippen molar-refractivity contribution in [1.82, 2.24) is 14.5 Å². The number of hydrogen-bond donors (Lipinski definition) is 1. The molecule has 0 bridgehead atoms. The topological polar surface area (TPSA) is 68.0 Å². The number of aromatic carboxylic acids is 1. The van der Waals surface area contributed by atoms with E-state index in [2.05, 4.69) is 9.97 Å². The van der Waals surface area contributed by atoms with Crippen LogP contribution in [0.4, 0.5) is 0 Å². The first-order valence-electron chi connectivity index (χ1n) is 5.30. The van der Waals surface area contributed by atoms with E-state index in [4.69, 9.17) is 0 Å². The molecule has 3 rings (SSSR count). The van der Waals surface area contributed by atoms with Crippen LogP contribution in [0.3, 0.4) is 0 Å². The van der Waals surface area contributed by atoms with E-state index in [0.717, 1.165) is 5.69 Å². The average molecular weight is 259 g/mol. The fourth-order valence-electron chi connectivity index (χ4n) is 1.91. The lowest BCUT2D eigenvalue weighted by Crippen LogP contribution is -2.04. The minimum absolute atomic E-state index is 0.264. The van der Waals surface area contributed by atoms with Crippen molar-refractivity contribution in [2.75, 3.05) is 0 Å². The van der Waals surface area contributed by atoms with Crippen molar-refractivity contribution in [3.05, 3.63) is 46.7 Å². The van der Waals surface area contributed by atoms with Gasteiger partial charge in [0.1, 0.15) is 0 Å². The number of carbonyl (C=O) groups is 1. The quantitative estimate of drug-likeness (QED) is 0.783. The molecule has 1 aromatic carbocycles. The molecule has 0 aliphatic rings. The third-order valence-electron chi connectivity index (χ3n) is 2.68. The van der Waals surface area contributed by atoms with Crippen LogP contribution in [0.1, 0.15) is 16.1 Å². The number of para-hydroxylation sites is 1. The summed E-state index contributed by atoms with van der Waals surface area (Å²) < 4.78 is 1.81. The van der Waals surface area contributed by atoms with E-state index in [1.807, 2.05) is 9.95 Å². The number of carboxylic acids is 1. The lowest BCUT2D eigenvalue weighted by atomic mass is 10.2. The predicted octanol–water partition coefficient (Wildman–Crippen LogP) is 2.24. The van der Waals surface area contributed by atoms with E-state index in [9.17, 15) is 9.90 Å². The van der Waals surface area contributed by atoms with Gasteiger partial charge >= 0.3 is 5.97 Å². The number of benzene rings is 1. The second-order valence-corrected chi connectivity index (χ2v) is 4.55. The molecule has 2 aromatic heterocycles. The Morgan fingerprint density at radius 2 is 2.28 bits per heavy atom. The number of thiazole rings is 1. The van der Waals surface area contributed by atoms with Crippen LogP contribution in [-0.2, 0) is 6.54 Å². The van der Waals surface area contributed by atoms with Crippen LogP contribution >= 0.6 is 11.3 Å². The van der Waals surface area contributed by atoms with Crippen LogP contribution in [0.25, 0.3) is 11.0 Å². The number of nitrogens with zero attached hydrogens (tertiary/aromatic N) is 3. The summed E-state index contributed by atoms with van der Waals surface area (Å²) >= 11 is 1.52. The number of imidazole rings is 1. The molecule has 6 heteroatoms. The minimum atomic E-state index is -0.944. The first-order chi connectivity index (χ1) is 8.75. The second-order valence-electron chi connectivity index (χ2n) is 3.83. The highest BCUT2D eigenvalue weighted by molar-refractivity contribution is 7.07. The highest BCUT2D eigenvalue weighted by Crippen LogP contribution is 2.19. The summed E-state index contributed by atoms with van der Waals surface area (Å²) in [5, 5.41) is 11.1. The van der Waals surface area contributed by atoms with Crippen LogP contribution in [0, 0.1) is 0 Å². The number of aromatic nitrogens is 3. The van der Waals surface area contributed by atoms with E-state index in [1.165, 1.54) is 11.3 Å². The maximum Gasteiger partial charge on any atom is 0.337 e. The van der Waals surface area contributed by atoms with Gasteiger partial charge in [0.2, 0.25) is 0 Å². The summed E-state index contributed by atoms with van der Waals surface area (Å²) in [6.45, 7) is 0.532. The third-order valence-corrected chi connectivity index (χ3v) is 3.32. The van der Waals surface area contributed by atoms with E-state index in [1.54, 1.807) is 30.0 Å². The predicted molar refractivity (Wildman–Crippen MR) is 67.9 cm³/mol. The summed E-state index contributed by atoms with van der Waals surface area (Å²) in [5.74, 6) is -0.944. The van der Waals surface area contributed by atoms with Gasteiger partial charge in [-0.2, -0.15) is 0 Å². The zero-order chi connectivity index (χ0) is 12.5. The molecule has 0 atom stereocenters. The van der Waals surface area contributed by atoms with Gasteiger partial charge in [-0.25, -0.2) is 14.8 Å². The minimum Gasteiger partial charge on any atom is -0.478 e. The molecule has 2 heterocycles. The van der Waals surface area contributed by atoms with Gasteiger partial charge in [-0.3, -0.25) is 0 Å². The highest BCUT2D eigenvalue weighted by Gasteiger charge is 2.13. The molecule has 0 aliphatic carbocycles. The Kier molecular flexibility index (Phi) is 2.56. The number of carboxylic acid groups (broad SMARTS) is 1. The van der Waals surface area contributed by atoms with Gasteiger partial charge in [-0.1, -0.05) is 6.07 Å². The average Bonchev–Trinajstić information content (AvgIpc) is 2.99. The van der Waals surface area contributed by atoms with E-state index < -0.39 is 5.97 Å². The van der Waals surface area contributed by atoms with Gasteiger partial charge in [0.25, 0.3) is 0 Å². The molecular weight excluding hydrogens is 250 g/mol. The van der Waals surface area contributed by atoms with E-state index in [-0.39, 0.29) is 5.56 Å². The Labute approximate surface area is 106 Å². The first-order valence-corrected chi connectivity index (χ1v) is 6.24. The number of rotatable bonds is 3. The van der Waals surface area contributed by atoms with Crippen LogP contribution in [0.15, 0.2) is 35.4 Å². The van der Waals surface area contributed by atoms with Gasteiger partial charge in [0, 0.05) is 5.38 Å². The Morgan fingerprint density at radius 3 is 3.00 bits per heavy atom. The Hall–Kier alpha value is -2.21. The molecule has 0 unspecified atom stereocenters. The molecule has 3 aromatic rings. The molecule has 0 amide bonds. The standard InChI is InChI=1S/C12H9N3O2S/c16-12(17)9-2-1-3-10-11(9)15(6-13-10)4-8-5-18-7-14-8/h1-3,5-7H,4H2,(H,16,17). The number of fused-ring (bicyclic) bond motifs is 1. The summed E-state index contributed by atoms with van der Waals surface area (Å²) in [6, 6.07) is 5.09. The molecule has 1 N–H and O–H groups in total. The van der Waals surface area contributed by atoms with Gasteiger partial charge in [-0.15, -0.1) is 11.3 Å². The molecule has 0 saturated heterocycles. The molecule has 0 aliphatic heterocycles. The maximum atomic E-state index is 11.2. The van der Waals surface area contributed by atoms with Crippen LogP contribution in [0.2, 0.25) is 0 Å². The maximum absolute atomic E-state index is 11.2. The molecule has 0 saturated carbocycles. The molecule has 0 radical (unpaired) electrons. The van der Waals surface area contributed by atoms with Gasteiger partial charge in [0.05, 0.1) is 40.7 Å². The van der Waals surface area contributed by atoms with E-state index in [0.29, 0.717) is 17.6 Å². The smallest absolute Gasteiger partial charge is 0.337 e. The van der Waals surface area contributed by atoms with Crippen LogP contribution in [-0.4, -0.2) is 25.6 Å². The van der Waals surface area contributed by atoms with Crippen molar-refractivity contribution in [3.8, 4) is 0 Å². The summed E-state index contributed by atoms with van der Waals surface area (Å²) in [6.07, 6.45) is 1.65. The second kappa shape index (κ2) is 4.23. The fourth-order valence-corrected chi connectivity index (χ4v) is 2.46. The molecule has 0 fully saturated rings. The van der Waals surface area contributed by atoms with Crippen molar-refractivity contribution in [1.29, 1.82) is 0 Å². The van der Waals surface area contributed by atoms with Gasteiger partial charge in [0.15, 0.2) is 0 Å². The van der Waals surface area contributed by atoms with Crippen LogP contribution in [0.5, 0.6) is 0 Å². The number of hydrogen-bond acceptors (Lipinski definition) is 4. The Balaban J connectivity index is 2.15. The van der Waals surface area contributed by atoms with Crippen molar-refractivity contribution < 1.29 is 9.90 Å². The van der Waals surface area contributed by atoms with Gasteiger partial charge in [-0.05, 0) is 12.1 Å². The highest BCUT2D eigenvalue weighted by atomic mass is 32.1. The summed E-state index contributed by atoms with van der Waals surface area (Å²) in [4.78, 5) is 19.6. The molecule has 0 spiro atoms. The molecular formula is C12H9N3O2S. The SMILES string of the molecule is O=C(O)c1cccc2ncn(Cc3cscn3)c12. The summed E-state index contributed by atoms with van der Waals surface area (Å²) in [5.41, 5.74) is 4.25. The lowest BCUT2D eigenvalue weighted by Gasteiger charge is -2.04. The van der Waals surface area contributed by atoms with Crippen molar-refractivity contribution in [2.45, 2.75) is 6.54 Å². The van der Waals surface area contributed by atoms with Crippen molar-refractivity contribution >= 4 is 28.3 Å². The monoisotopic (exact) mass is 259 g/mol. The van der Waals surface area contributed by atoms with Crippen molar-refractivity contribution in [3.63, 3.8) is 0 Å². The zero-order valence-electron chi connectivity index (χ0n) is 9.28. The Morgan fingerprint density at radius 1 is 1.39 bits per heavy atom. The molecule has 5 nitrogen and oxygen atoms in total. The largest absolute Gasteiger partial charge is 0.478 e. The zero-order valence-corrected chi connectivity index (χ0v) is 10.1. The molecule has 90 valence electrons. The van der Waals surface area contributed by atoms with E-state index >= 15 is 0 Å².